The van der Waals surface area contributed by atoms with Crippen LogP contribution in [0.25, 0.3) is 0 Å². The van der Waals surface area contributed by atoms with Gasteiger partial charge in [0.25, 0.3) is 0 Å². The van der Waals surface area contributed by atoms with Crippen LogP contribution < -0.4 is 0 Å². The average molecular weight is 415 g/mol. The normalized spacial score (nSPS) is 32.4. The molecule has 0 radical (unpaired) electrons. The van der Waals surface area contributed by atoms with Gasteiger partial charge in [-0.2, -0.15) is 0 Å². The molecule has 4 atom stereocenters. The number of aryl methyl sites for hydroxylation is 1. The number of hydrogen-bond acceptors (Lipinski definition) is 5. The minimum Gasteiger partial charge on any atom is -0.465 e. The number of rotatable bonds is 6. The average Bonchev–Trinajstić information content (AvgIpc) is 3.02. The highest BCUT2D eigenvalue weighted by Gasteiger charge is 2.61. The van der Waals surface area contributed by atoms with E-state index in [9.17, 15) is 14.7 Å². The first-order valence-electron chi connectivity index (χ1n) is 10.6. The number of ether oxygens (including phenoxy) is 2. The predicted molar refractivity (Wildman–Crippen MR) is 109 cm³/mol. The third-order valence-electron chi connectivity index (χ3n) is 6.51. The highest BCUT2D eigenvalue weighted by Crippen LogP contribution is 2.49. The van der Waals surface area contributed by atoms with Crippen molar-refractivity contribution in [1.29, 1.82) is 0 Å². The van der Waals surface area contributed by atoms with Crippen LogP contribution >= 0.6 is 0 Å². The Morgan fingerprint density at radius 2 is 2.33 bits per heavy atom. The number of carbonyl (C=O) groups is 2. The van der Waals surface area contributed by atoms with Crippen LogP contribution in [0.4, 0.5) is 4.79 Å². The van der Waals surface area contributed by atoms with Crippen molar-refractivity contribution >= 4 is 12.1 Å². The molecule has 1 aromatic rings. The van der Waals surface area contributed by atoms with E-state index < -0.39 is 6.09 Å². The third-order valence-corrected chi connectivity index (χ3v) is 6.51. The molecule has 1 aliphatic carbocycles. The molecule has 0 aromatic carbocycles. The second-order valence-corrected chi connectivity index (χ2v) is 8.65. The fourth-order valence-electron chi connectivity index (χ4n) is 4.61. The second-order valence-electron chi connectivity index (χ2n) is 8.65. The standard InChI is InChI=1S/C22H29N3O5/c1-15-17-7-6-16(5-3-8-22(2)19(30-22)18(17)29-20(15)26)13-25(21(27)28)11-4-10-24-12-9-23-14-24/h5,9,12,14,17-19H,1,3-4,6-8,10-11,13H2,2H3,(H,27,28)/b16-5+/t17-,18-,19-,22+/m0/s1. The lowest BCUT2D eigenvalue weighted by Crippen LogP contribution is -2.33. The third kappa shape index (κ3) is 4.28. The van der Waals surface area contributed by atoms with Crippen LogP contribution in [0.5, 0.6) is 0 Å². The Labute approximate surface area is 176 Å². The maximum Gasteiger partial charge on any atom is 0.407 e. The highest BCUT2D eigenvalue weighted by atomic mass is 16.6. The first kappa shape index (κ1) is 20.7. The van der Waals surface area contributed by atoms with E-state index in [1.54, 1.807) is 12.5 Å². The van der Waals surface area contributed by atoms with Gasteiger partial charge < -0.3 is 24.0 Å². The summed E-state index contributed by atoms with van der Waals surface area (Å²) in [6.45, 7) is 7.54. The Morgan fingerprint density at radius 3 is 3.07 bits per heavy atom. The van der Waals surface area contributed by atoms with Gasteiger partial charge in [0.15, 0.2) is 0 Å². The molecule has 162 valence electrons. The van der Waals surface area contributed by atoms with E-state index in [-0.39, 0.29) is 29.7 Å². The maximum absolute atomic E-state index is 12.1. The monoisotopic (exact) mass is 415 g/mol. The maximum atomic E-state index is 12.1. The Bertz CT molecular complexity index is 849. The molecule has 2 saturated heterocycles. The Kier molecular flexibility index (Phi) is 5.69. The molecule has 30 heavy (non-hydrogen) atoms. The molecule has 0 spiro atoms. The van der Waals surface area contributed by atoms with Crippen molar-refractivity contribution in [2.24, 2.45) is 5.92 Å². The molecule has 0 unspecified atom stereocenters. The number of fused-ring (bicyclic) bond motifs is 3. The lowest BCUT2D eigenvalue weighted by Gasteiger charge is -2.24. The molecule has 8 nitrogen and oxygen atoms in total. The second kappa shape index (κ2) is 8.26. The van der Waals surface area contributed by atoms with Gasteiger partial charge in [0.05, 0.1) is 11.9 Å². The molecule has 0 saturated carbocycles. The molecule has 4 rings (SSSR count). The first-order chi connectivity index (χ1) is 14.4. The quantitative estimate of drug-likeness (QED) is 0.332. The minimum atomic E-state index is -0.919. The van der Waals surface area contributed by atoms with Gasteiger partial charge >= 0.3 is 12.1 Å². The number of imidazole rings is 1. The van der Waals surface area contributed by atoms with Gasteiger partial charge in [0.2, 0.25) is 0 Å². The van der Waals surface area contributed by atoms with Crippen molar-refractivity contribution in [3.63, 3.8) is 0 Å². The van der Waals surface area contributed by atoms with Gasteiger partial charge in [0.1, 0.15) is 12.2 Å². The summed E-state index contributed by atoms with van der Waals surface area (Å²) < 4.78 is 13.5. The number of amides is 1. The lowest BCUT2D eigenvalue weighted by molar-refractivity contribution is -0.140. The summed E-state index contributed by atoms with van der Waals surface area (Å²) in [6.07, 6.45) is 9.98. The van der Waals surface area contributed by atoms with Crippen molar-refractivity contribution in [3.8, 4) is 0 Å². The van der Waals surface area contributed by atoms with Crippen LogP contribution in [-0.2, 0) is 20.8 Å². The molecule has 2 fully saturated rings. The van der Waals surface area contributed by atoms with Gasteiger partial charge in [-0.25, -0.2) is 14.6 Å². The van der Waals surface area contributed by atoms with Crippen LogP contribution in [0.2, 0.25) is 0 Å². The van der Waals surface area contributed by atoms with Crippen molar-refractivity contribution in [2.45, 2.75) is 63.4 Å². The van der Waals surface area contributed by atoms with Crippen molar-refractivity contribution in [3.05, 3.63) is 42.5 Å². The fourth-order valence-corrected chi connectivity index (χ4v) is 4.61. The summed E-state index contributed by atoms with van der Waals surface area (Å²) in [4.78, 5) is 29.4. The number of epoxide rings is 1. The van der Waals surface area contributed by atoms with Crippen LogP contribution in [0.3, 0.4) is 0 Å². The number of carbonyl (C=O) groups excluding carboxylic acids is 1. The number of aromatic nitrogens is 2. The van der Waals surface area contributed by atoms with Crippen LogP contribution in [0.1, 0.15) is 39.0 Å². The van der Waals surface area contributed by atoms with Gasteiger partial charge in [-0.05, 0) is 39.0 Å². The van der Waals surface area contributed by atoms with E-state index in [0.717, 1.165) is 25.0 Å². The zero-order valence-corrected chi connectivity index (χ0v) is 17.3. The lowest BCUT2D eigenvalue weighted by atomic mass is 9.84. The number of carboxylic acid groups (broad SMARTS) is 1. The fraction of sp³-hybridized carbons (Fsp3) is 0.591. The number of nitrogens with zero attached hydrogens (tertiary/aromatic N) is 3. The minimum absolute atomic E-state index is 0.0701. The summed E-state index contributed by atoms with van der Waals surface area (Å²) in [5.41, 5.74) is 1.30. The largest absolute Gasteiger partial charge is 0.465 e. The zero-order valence-electron chi connectivity index (χ0n) is 17.3. The zero-order chi connectivity index (χ0) is 21.3. The summed E-state index contributed by atoms with van der Waals surface area (Å²) in [5, 5.41) is 9.69. The molecule has 0 bridgehead atoms. The number of esters is 1. The number of hydrogen-bond donors (Lipinski definition) is 1. The Hall–Kier alpha value is -2.61. The summed E-state index contributed by atoms with van der Waals surface area (Å²) in [7, 11) is 0. The first-order valence-corrected chi connectivity index (χ1v) is 10.6. The molecular formula is C22H29N3O5. The van der Waals surface area contributed by atoms with Crippen molar-refractivity contribution < 1.29 is 24.2 Å². The van der Waals surface area contributed by atoms with Gasteiger partial charge in [-0.1, -0.05) is 18.2 Å². The van der Waals surface area contributed by atoms with E-state index in [1.807, 2.05) is 10.8 Å². The molecule has 2 aliphatic heterocycles. The summed E-state index contributed by atoms with van der Waals surface area (Å²) in [6, 6.07) is 0. The molecule has 1 aromatic heterocycles. The molecule has 3 aliphatic rings. The Balaban J connectivity index is 1.41. The van der Waals surface area contributed by atoms with Crippen molar-refractivity contribution in [2.75, 3.05) is 13.1 Å². The van der Waals surface area contributed by atoms with E-state index in [0.29, 0.717) is 37.9 Å². The smallest absolute Gasteiger partial charge is 0.407 e. The van der Waals surface area contributed by atoms with Gasteiger partial charge in [-0.3, -0.25) is 0 Å². The molecule has 1 amide bonds. The van der Waals surface area contributed by atoms with E-state index in [2.05, 4.69) is 24.6 Å². The molecule has 1 N–H and O–H groups in total. The van der Waals surface area contributed by atoms with E-state index >= 15 is 0 Å². The molecule has 3 heterocycles. The van der Waals surface area contributed by atoms with Gasteiger partial charge in [0, 0.05) is 43.5 Å². The Morgan fingerprint density at radius 1 is 1.50 bits per heavy atom. The molecular weight excluding hydrogens is 386 g/mol. The van der Waals surface area contributed by atoms with E-state index in [1.165, 1.54) is 4.90 Å². The predicted octanol–water partition coefficient (Wildman–Crippen LogP) is 3.01. The summed E-state index contributed by atoms with van der Waals surface area (Å²) in [5.74, 6) is -0.412. The van der Waals surface area contributed by atoms with Crippen LogP contribution in [0.15, 0.2) is 42.5 Å². The SMILES string of the molecule is C=C1C(=O)O[C@H]2[C@H]1CC/C(CN(CCCn1ccnc1)C(=O)O)=C\CC[C@@]1(C)O[C@@H]21. The number of allylic oxidation sites excluding steroid dienone is 1. The van der Waals surface area contributed by atoms with Crippen molar-refractivity contribution in [1.82, 2.24) is 14.5 Å². The molecule has 8 heteroatoms. The van der Waals surface area contributed by atoms with Crippen LogP contribution in [0, 0.1) is 5.92 Å². The highest BCUT2D eigenvalue weighted by molar-refractivity contribution is 5.91. The topological polar surface area (TPSA) is 97.2 Å². The van der Waals surface area contributed by atoms with Crippen LogP contribution in [-0.4, -0.2) is 62.5 Å². The van der Waals surface area contributed by atoms with E-state index in [4.69, 9.17) is 9.47 Å². The summed E-state index contributed by atoms with van der Waals surface area (Å²) >= 11 is 0. The van der Waals surface area contributed by atoms with Gasteiger partial charge in [-0.15, -0.1) is 0 Å².